The third-order valence-corrected chi connectivity index (χ3v) is 6.19. The van der Waals surface area contributed by atoms with Crippen molar-refractivity contribution in [2.75, 3.05) is 18.0 Å². The average Bonchev–Trinajstić information content (AvgIpc) is 2.87. The first kappa shape index (κ1) is 22.2. The van der Waals surface area contributed by atoms with Crippen LogP contribution in [0.3, 0.4) is 0 Å². The Morgan fingerprint density at radius 2 is 1.44 bits per heavy atom. The maximum absolute atomic E-state index is 13.5. The van der Waals surface area contributed by atoms with E-state index in [0.717, 1.165) is 37.1 Å². The van der Waals surface area contributed by atoms with Gasteiger partial charge in [0.25, 0.3) is 0 Å². The van der Waals surface area contributed by atoms with Crippen molar-refractivity contribution >= 4 is 17.3 Å². The summed E-state index contributed by atoms with van der Waals surface area (Å²) < 4.78 is 20.8. The fraction of sp³-hybridized carbons (Fsp3) is 0.185. The summed E-state index contributed by atoms with van der Waals surface area (Å²) in [7, 11) is 0. The molecule has 0 bridgehead atoms. The standard InChI is InChI=1S/C27H23ClFN3O2/c28-21-8-12-23(13-9-21)32-27(33)26(25(18-30-32)31-16-2-1-3-17-31)34-24-14-6-20(7-15-24)19-4-10-22(29)11-5-19/h4-15,18H,1-3,16-17H2. The molecule has 7 heteroatoms. The summed E-state index contributed by atoms with van der Waals surface area (Å²) in [6, 6.07) is 20.7. The molecule has 5 rings (SSSR count). The molecule has 1 saturated heterocycles. The number of piperidine rings is 1. The SMILES string of the molecule is O=c1c(Oc2ccc(-c3ccc(F)cc3)cc2)c(N2CCCCC2)cnn1-c1ccc(Cl)cc1. The Kier molecular flexibility index (Phi) is 6.32. The van der Waals surface area contributed by atoms with Crippen molar-refractivity contribution in [3.05, 3.63) is 100 Å². The summed E-state index contributed by atoms with van der Waals surface area (Å²) >= 11 is 6.01. The van der Waals surface area contributed by atoms with Gasteiger partial charge in [-0.15, -0.1) is 0 Å². The zero-order valence-corrected chi connectivity index (χ0v) is 19.2. The molecule has 0 spiro atoms. The number of benzene rings is 3. The van der Waals surface area contributed by atoms with Gasteiger partial charge in [-0.25, -0.2) is 4.39 Å². The maximum Gasteiger partial charge on any atom is 0.316 e. The van der Waals surface area contributed by atoms with E-state index in [4.69, 9.17) is 16.3 Å². The molecule has 0 amide bonds. The minimum Gasteiger partial charge on any atom is -0.449 e. The summed E-state index contributed by atoms with van der Waals surface area (Å²) in [5.41, 5.74) is 2.79. The van der Waals surface area contributed by atoms with Crippen molar-refractivity contribution in [2.24, 2.45) is 0 Å². The van der Waals surface area contributed by atoms with Crippen LogP contribution in [-0.4, -0.2) is 22.9 Å². The van der Waals surface area contributed by atoms with Crippen molar-refractivity contribution in [2.45, 2.75) is 19.3 Å². The largest absolute Gasteiger partial charge is 0.449 e. The third kappa shape index (κ3) is 4.68. The fourth-order valence-electron chi connectivity index (χ4n) is 4.13. The molecule has 3 aromatic carbocycles. The minimum absolute atomic E-state index is 0.237. The van der Waals surface area contributed by atoms with Gasteiger partial charge >= 0.3 is 5.56 Å². The van der Waals surface area contributed by atoms with Crippen LogP contribution in [0.1, 0.15) is 19.3 Å². The lowest BCUT2D eigenvalue weighted by Crippen LogP contribution is -2.33. The highest BCUT2D eigenvalue weighted by atomic mass is 35.5. The van der Waals surface area contributed by atoms with Crippen molar-refractivity contribution < 1.29 is 9.13 Å². The molecule has 0 unspecified atom stereocenters. The fourth-order valence-corrected chi connectivity index (χ4v) is 4.25. The number of anilines is 1. The highest BCUT2D eigenvalue weighted by Gasteiger charge is 2.21. The van der Waals surface area contributed by atoms with Gasteiger partial charge in [-0.05, 0) is 78.9 Å². The van der Waals surface area contributed by atoms with Crippen molar-refractivity contribution in [1.29, 1.82) is 0 Å². The number of hydrogen-bond acceptors (Lipinski definition) is 4. The quantitative estimate of drug-likeness (QED) is 0.331. The monoisotopic (exact) mass is 475 g/mol. The van der Waals surface area contributed by atoms with E-state index in [9.17, 15) is 9.18 Å². The third-order valence-electron chi connectivity index (χ3n) is 5.93. The molecule has 0 atom stereocenters. The molecular weight excluding hydrogens is 453 g/mol. The van der Waals surface area contributed by atoms with E-state index in [0.29, 0.717) is 22.1 Å². The Morgan fingerprint density at radius 1 is 0.824 bits per heavy atom. The van der Waals surface area contributed by atoms with Crippen LogP contribution in [0.15, 0.2) is 83.8 Å². The minimum atomic E-state index is -0.340. The normalized spacial score (nSPS) is 13.6. The summed E-state index contributed by atoms with van der Waals surface area (Å²) in [6.07, 6.45) is 4.99. The van der Waals surface area contributed by atoms with Crippen LogP contribution in [0.5, 0.6) is 11.5 Å². The van der Waals surface area contributed by atoms with Crippen LogP contribution in [0.4, 0.5) is 10.1 Å². The first-order valence-electron chi connectivity index (χ1n) is 11.3. The van der Waals surface area contributed by atoms with E-state index in [1.54, 1.807) is 42.6 Å². The van der Waals surface area contributed by atoms with Gasteiger partial charge in [0, 0.05) is 18.1 Å². The summed E-state index contributed by atoms with van der Waals surface area (Å²) in [4.78, 5) is 15.7. The Morgan fingerprint density at radius 3 is 2.09 bits per heavy atom. The lowest BCUT2D eigenvalue weighted by Gasteiger charge is -2.29. The summed E-state index contributed by atoms with van der Waals surface area (Å²) in [5.74, 6) is 0.500. The molecule has 0 aliphatic carbocycles. The van der Waals surface area contributed by atoms with Gasteiger partial charge in [-0.1, -0.05) is 35.9 Å². The van der Waals surface area contributed by atoms with Crippen LogP contribution >= 0.6 is 11.6 Å². The molecule has 4 aromatic rings. The molecular formula is C27H23ClFN3O2. The average molecular weight is 476 g/mol. The second kappa shape index (κ2) is 9.69. The van der Waals surface area contributed by atoms with Crippen LogP contribution in [-0.2, 0) is 0 Å². The van der Waals surface area contributed by atoms with E-state index >= 15 is 0 Å². The zero-order valence-electron chi connectivity index (χ0n) is 18.5. The van der Waals surface area contributed by atoms with E-state index in [-0.39, 0.29) is 17.1 Å². The van der Waals surface area contributed by atoms with Crippen LogP contribution in [0, 0.1) is 5.82 Å². The first-order chi connectivity index (χ1) is 16.6. The van der Waals surface area contributed by atoms with Gasteiger partial charge in [-0.3, -0.25) is 4.79 Å². The smallest absolute Gasteiger partial charge is 0.316 e. The molecule has 0 radical (unpaired) electrons. The molecule has 0 saturated carbocycles. The predicted molar refractivity (Wildman–Crippen MR) is 133 cm³/mol. The number of hydrogen-bond donors (Lipinski definition) is 0. The zero-order chi connectivity index (χ0) is 23.5. The maximum atomic E-state index is 13.5. The number of halogens is 2. The molecule has 5 nitrogen and oxygen atoms in total. The number of ether oxygens (including phenoxy) is 1. The molecule has 2 heterocycles. The van der Waals surface area contributed by atoms with Gasteiger partial charge in [0.05, 0.1) is 11.9 Å². The summed E-state index contributed by atoms with van der Waals surface area (Å²) in [5, 5.41) is 5.01. The lowest BCUT2D eigenvalue weighted by molar-refractivity contribution is 0.462. The number of rotatable bonds is 5. The molecule has 172 valence electrons. The Hall–Kier alpha value is -3.64. The van der Waals surface area contributed by atoms with Gasteiger partial charge < -0.3 is 9.64 Å². The predicted octanol–water partition coefficient (Wildman–Crippen LogP) is 6.47. The van der Waals surface area contributed by atoms with Gasteiger partial charge in [-0.2, -0.15) is 9.78 Å². The molecule has 0 N–H and O–H groups in total. The van der Waals surface area contributed by atoms with E-state index in [1.807, 2.05) is 24.3 Å². The van der Waals surface area contributed by atoms with E-state index in [1.165, 1.54) is 23.2 Å². The topological polar surface area (TPSA) is 47.4 Å². The Labute approximate surface area is 202 Å². The Bertz CT molecular complexity index is 1330. The second-order valence-electron chi connectivity index (χ2n) is 8.23. The van der Waals surface area contributed by atoms with Crippen molar-refractivity contribution in [1.82, 2.24) is 9.78 Å². The number of nitrogens with zero attached hydrogens (tertiary/aromatic N) is 3. The molecule has 1 aliphatic rings. The van der Waals surface area contributed by atoms with Crippen LogP contribution in [0.25, 0.3) is 16.8 Å². The van der Waals surface area contributed by atoms with Gasteiger partial charge in [0.2, 0.25) is 5.75 Å². The number of aromatic nitrogens is 2. The van der Waals surface area contributed by atoms with E-state index < -0.39 is 0 Å². The first-order valence-corrected chi connectivity index (χ1v) is 11.6. The highest BCUT2D eigenvalue weighted by molar-refractivity contribution is 6.30. The van der Waals surface area contributed by atoms with Crippen LogP contribution in [0.2, 0.25) is 5.02 Å². The summed E-state index contributed by atoms with van der Waals surface area (Å²) in [6.45, 7) is 1.71. The molecule has 1 fully saturated rings. The van der Waals surface area contributed by atoms with Gasteiger partial charge in [0.1, 0.15) is 17.3 Å². The van der Waals surface area contributed by atoms with Crippen molar-refractivity contribution in [3.63, 3.8) is 0 Å². The molecule has 34 heavy (non-hydrogen) atoms. The van der Waals surface area contributed by atoms with E-state index in [2.05, 4.69) is 10.00 Å². The Balaban J connectivity index is 1.51. The van der Waals surface area contributed by atoms with Crippen molar-refractivity contribution in [3.8, 4) is 28.3 Å². The second-order valence-corrected chi connectivity index (χ2v) is 8.67. The molecule has 1 aromatic heterocycles. The lowest BCUT2D eigenvalue weighted by atomic mass is 10.1. The molecule has 1 aliphatic heterocycles. The van der Waals surface area contributed by atoms with Crippen LogP contribution < -0.4 is 15.2 Å². The highest BCUT2D eigenvalue weighted by Crippen LogP contribution is 2.32. The van der Waals surface area contributed by atoms with Gasteiger partial charge in [0.15, 0.2) is 0 Å².